The van der Waals surface area contributed by atoms with Crippen molar-refractivity contribution in [1.29, 1.82) is 0 Å². The zero-order valence-corrected chi connectivity index (χ0v) is 20.1. The van der Waals surface area contributed by atoms with Gasteiger partial charge in [0.1, 0.15) is 23.9 Å². The van der Waals surface area contributed by atoms with Crippen LogP contribution >= 0.6 is 12.6 Å². The van der Waals surface area contributed by atoms with E-state index in [2.05, 4.69) is 18.4 Å². The highest BCUT2D eigenvalue weighted by atomic mass is 32.1. The first-order valence-electron chi connectivity index (χ1n) is 10.2. The maximum Gasteiger partial charge on any atom is 0.321 e. The number of unbranched alkanes of at least 4 members (excludes halogenated alkanes) is 1. The molecule has 202 valence electrons. The lowest BCUT2D eigenvalue weighted by Gasteiger charge is -2.05. The number of aliphatic carboxylic acids is 4. The van der Waals surface area contributed by atoms with Gasteiger partial charge in [-0.05, 0) is 43.5 Å². The molecule has 3 unspecified atom stereocenters. The molecule has 3 atom stereocenters. The number of carboxylic acids is 4. The maximum atomic E-state index is 10.4. The van der Waals surface area contributed by atoms with Gasteiger partial charge in [-0.2, -0.15) is 12.6 Å². The van der Waals surface area contributed by atoms with Gasteiger partial charge in [0, 0.05) is 5.75 Å². The zero-order valence-electron chi connectivity index (χ0n) is 19.2. The Morgan fingerprint density at radius 2 is 1.20 bits per heavy atom. The molecule has 1 aromatic carbocycles. The van der Waals surface area contributed by atoms with Crippen LogP contribution in [0, 0.1) is 0 Å². The van der Waals surface area contributed by atoms with Gasteiger partial charge in [0.2, 0.25) is 0 Å². The molecule has 14 nitrogen and oxygen atoms in total. The van der Waals surface area contributed by atoms with Crippen LogP contribution in [0.1, 0.15) is 24.8 Å². The number of benzene rings is 1. The average Bonchev–Trinajstić information content (AvgIpc) is 2.81. The Bertz CT molecular complexity index is 738. The summed E-state index contributed by atoms with van der Waals surface area (Å²) in [5.74, 6) is -3.58. The summed E-state index contributed by atoms with van der Waals surface area (Å²) >= 11 is 3.65. The van der Waals surface area contributed by atoms with Crippen LogP contribution in [0.3, 0.4) is 0 Å². The molecule has 0 aliphatic carbocycles. The number of phenolic OH excluding ortho intramolecular Hbond substituents is 1. The second kappa shape index (κ2) is 22.8. The fraction of sp³-hybridized carbons (Fsp3) is 0.500. The Balaban J connectivity index is -0.000000416. The third-order valence-corrected chi connectivity index (χ3v) is 4.08. The van der Waals surface area contributed by atoms with Gasteiger partial charge in [0.15, 0.2) is 0 Å². The SMILES string of the molecule is NC(CS)C(=O)O.NC(Cc1ccc(O)cc1)C(=O)O.NCC(=O)O.NCCCCC(N)C(=O)O. The summed E-state index contributed by atoms with van der Waals surface area (Å²) in [6.07, 6.45) is 2.44. The summed E-state index contributed by atoms with van der Waals surface area (Å²) in [6.45, 7) is 0.326. The molecule has 0 bridgehead atoms. The largest absolute Gasteiger partial charge is 0.508 e. The fourth-order valence-corrected chi connectivity index (χ4v) is 1.84. The van der Waals surface area contributed by atoms with E-state index >= 15 is 0 Å². The van der Waals surface area contributed by atoms with Crippen molar-refractivity contribution >= 4 is 36.5 Å². The van der Waals surface area contributed by atoms with Crippen molar-refractivity contribution < 1.29 is 44.7 Å². The van der Waals surface area contributed by atoms with E-state index in [-0.39, 0.29) is 24.5 Å². The Morgan fingerprint density at radius 3 is 1.49 bits per heavy atom. The predicted molar refractivity (Wildman–Crippen MR) is 132 cm³/mol. The number of hydrogen-bond acceptors (Lipinski definition) is 11. The van der Waals surface area contributed by atoms with Gasteiger partial charge in [-0.15, -0.1) is 0 Å². The minimum atomic E-state index is -1.02. The van der Waals surface area contributed by atoms with Crippen molar-refractivity contribution in [2.75, 3.05) is 18.8 Å². The van der Waals surface area contributed by atoms with Crippen LogP contribution in [0.25, 0.3) is 0 Å². The molecular formula is C20H37N5O9S. The van der Waals surface area contributed by atoms with Crippen LogP contribution in [-0.4, -0.2) is 86.4 Å². The van der Waals surface area contributed by atoms with E-state index in [0.717, 1.165) is 18.4 Å². The highest BCUT2D eigenvalue weighted by Crippen LogP contribution is 2.10. The van der Waals surface area contributed by atoms with Gasteiger partial charge in [0.25, 0.3) is 0 Å². The summed E-state index contributed by atoms with van der Waals surface area (Å²) < 4.78 is 0. The third-order valence-electron chi connectivity index (χ3n) is 3.68. The smallest absolute Gasteiger partial charge is 0.321 e. The molecule has 15 N–H and O–H groups in total. The quantitative estimate of drug-likeness (QED) is 0.113. The first-order valence-corrected chi connectivity index (χ1v) is 10.8. The second-order valence-corrected chi connectivity index (χ2v) is 7.13. The van der Waals surface area contributed by atoms with Crippen molar-refractivity contribution in [2.45, 2.75) is 43.8 Å². The number of phenols is 1. The summed E-state index contributed by atoms with van der Waals surface area (Å²) in [6, 6.07) is 3.89. The van der Waals surface area contributed by atoms with Gasteiger partial charge in [-0.1, -0.05) is 18.6 Å². The van der Waals surface area contributed by atoms with Crippen molar-refractivity contribution in [2.24, 2.45) is 28.7 Å². The average molecular weight is 524 g/mol. The molecule has 1 rings (SSSR count). The van der Waals surface area contributed by atoms with Gasteiger partial charge < -0.3 is 54.2 Å². The monoisotopic (exact) mass is 523 g/mol. The molecule has 0 amide bonds. The zero-order chi connectivity index (χ0) is 28.0. The number of carboxylic acid groups (broad SMARTS) is 4. The third kappa shape index (κ3) is 25.5. The molecule has 0 aliphatic heterocycles. The molecule has 0 fully saturated rings. The van der Waals surface area contributed by atoms with Crippen LogP contribution in [0.15, 0.2) is 24.3 Å². The number of carbonyl (C=O) groups is 4. The standard InChI is InChI=1S/C9H11NO3.C6H14N2O2.C3H7NO2S.C2H5NO2/c10-8(9(12)13)5-6-1-3-7(11)4-2-6;7-4-2-1-3-5(8)6(9)10;4-2(1-7)3(5)6;3-1-2(4)5/h1-4,8,11H,5,10H2,(H,12,13);5H,1-4,7-8H2,(H,9,10);2,7H,1,4H2,(H,5,6);1,3H2,(H,4,5). The molecule has 0 saturated carbocycles. The molecular weight excluding hydrogens is 486 g/mol. The van der Waals surface area contributed by atoms with E-state index in [1.807, 2.05) is 0 Å². The topological polar surface area (TPSA) is 300 Å². The van der Waals surface area contributed by atoms with Gasteiger partial charge in [-0.25, -0.2) is 0 Å². The molecule has 0 aliphatic rings. The molecule has 15 heteroatoms. The Morgan fingerprint density at radius 1 is 0.771 bits per heavy atom. The number of rotatable bonds is 11. The Labute approximate surface area is 208 Å². The van der Waals surface area contributed by atoms with Crippen LogP contribution in [0.2, 0.25) is 0 Å². The van der Waals surface area contributed by atoms with Crippen LogP contribution in [0.5, 0.6) is 5.75 Å². The van der Waals surface area contributed by atoms with E-state index < -0.39 is 42.0 Å². The lowest BCUT2D eigenvalue weighted by atomic mass is 10.1. The van der Waals surface area contributed by atoms with Gasteiger partial charge >= 0.3 is 23.9 Å². The number of aromatic hydroxyl groups is 1. The van der Waals surface area contributed by atoms with Crippen LogP contribution in [-0.2, 0) is 25.6 Å². The van der Waals surface area contributed by atoms with Crippen molar-refractivity contribution in [3.63, 3.8) is 0 Å². The van der Waals surface area contributed by atoms with Crippen LogP contribution < -0.4 is 28.7 Å². The second-order valence-electron chi connectivity index (χ2n) is 6.77. The minimum absolute atomic E-state index is 0.160. The Hall–Kier alpha value is -2.95. The molecule has 0 aromatic heterocycles. The predicted octanol–water partition coefficient (Wildman–Crippen LogP) is -1.77. The first-order chi connectivity index (χ1) is 16.2. The van der Waals surface area contributed by atoms with Crippen molar-refractivity contribution in [1.82, 2.24) is 0 Å². The van der Waals surface area contributed by atoms with E-state index in [0.29, 0.717) is 13.0 Å². The fourth-order valence-electron chi connectivity index (χ4n) is 1.68. The maximum absolute atomic E-state index is 10.4. The van der Waals surface area contributed by atoms with Crippen LogP contribution in [0.4, 0.5) is 0 Å². The van der Waals surface area contributed by atoms with E-state index in [1.54, 1.807) is 12.1 Å². The van der Waals surface area contributed by atoms with Crippen molar-refractivity contribution in [3.05, 3.63) is 29.8 Å². The lowest BCUT2D eigenvalue weighted by molar-refractivity contribution is -0.139. The summed E-state index contributed by atoms with van der Waals surface area (Å²) in [5.41, 5.74) is 26.1. The van der Waals surface area contributed by atoms with E-state index in [1.165, 1.54) is 12.1 Å². The van der Waals surface area contributed by atoms with Gasteiger partial charge in [-0.3, -0.25) is 19.2 Å². The summed E-state index contributed by atoms with van der Waals surface area (Å²) in [7, 11) is 0. The summed E-state index contributed by atoms with van der Waals surface area (Å²) in [5, 5.41) is 41.4. The molecule has 0 radical (unpaired) electrons. The van der Waals surface area contributed by atoms with E-state index in [9.17, 15) is 19.2 Å². The molecule has 0 spiro atoms. The van der Waals surface area contributed by atoms with Gasteiger partial charge in [0.05, 0.1) is 6.54 Å². The van der Waals surface area contributed by atoms with Crippen molar-refractivity contribution in [3.8, 4) is 5.75 Å². The lowest BCUT2D eigenvalue weighted by Crippen LogP contribution is -2.32. The molecule has 1 aromatic rings. The highest BCUT2D eigenvalue weighted by molar-refractivity contribution is 7.80. The normalized spacial score (nSPS) is 12.1. The molecule has 35 heavy (non-hydrogen) atoms. The number of hydrogen-bond donors (Lipinski definition) is 11. The summed E-state index contributed by atoms with van der Waals surface area (Å²) in [4.78, 5) is 39.5. The number of thiol groups is 1. The molecule has 0 heterocycles. The first kappa shape index (κ1) is 36.6. The highest BCUT2D eigenvalue weighted by Gasteiger charge is 2.11. The number of nitrogens with two attached hydrogens (primary N) is 5. The van der Waals surface area contributed by atoms with E-state index in [4.69, 9.17) is 48.5 Å². The Kier molecular flexibility index (Phi) is 23.9. The molecule has 0 saturated heterocycles. The minimum Gasteiger partial charge on any atom is -0.508 e.